The Morgan fingerprint density at radius 3 is 2.10 bits per heavy atom. The average molecular weight is 471 g/mol. The molecule has 0 bridgehead atoms. The van der Waals surface area contributed by atoms with Crippen LogP contribution in [-0.4, -0.2) is 23.9 Å². The molecule has 3 aromatic carbocycles. The zero-order chi connectivity index (χ0) is 21.2. The van der Waals surface area contributed by atoms with Crippen molar-refractivity contribution < 1.29 is 16.8 Å². The number of rotatable bonds is 6. The van der Waals surface area contributed by atoms with Gasteiger partial charge in [-0.2, -0.15) is 0 Å². The van der Waals surface area contributed by atoms with Crippen LogP contribution in [0, 0.1) is 0 Å². The zero-order valence-corrected chi connectivity index (χ0v) is 18.2. The van der Waals surface area contributed by atoms with Gasteiger partial charge in [-0.1, -0.05) is 53.5 Å². The Labute approximate surface area is 179 Å². The molecular weight excluding hydrogens is 455 g/mol. The summed E-state index contributed by atoms with van der Waals surface area (Å²) in [5.74, 6) is 0. The second kappa shape index (κ2) is 8.33. The van der Waals surface area contributed by atoms with E-state index < -0.39 is 20.0 Å². The lowest BCUT2D eigenvalue weighted by molar-refractivity contribution is 0.588. The Morgan fingerprint density at radius 1 is 0.724 bits per heavy atom. The number of hydrogen-bond donors (Lipinski definition) is 2. The first-order valence-electron chi connectivity index (χ1n) is 8.25. The van der Waals surface area contributed by atoms with E-state index in [-0.39, 0.29) is 15.5 Å². The molecule has 10 heteroatoms. The predicted octanol–water partition coefficient (Wildman–Crippen LogP) is 4.37. The van der Waals surface area contributed by atoms with E-state index in [1.54, 1.807) is 36.4 Å². The van der Waals surface area contributed by atoms with Gasteiger partial charge in [-0.15, -0.1) is 0 Å². The molecule has 0 aromatic heterocycles. The first-order valence-corrected chi connectivity index (χ1v) is 12.0. The molecule has 0 spiro atoms. The number of sulfonamides is 2. The van der Waals surface area contributed by atoms with Crippen molar-refractivity contribution in [2.45, 2.75) is 9.79 Å². The predicted molar refractivity (Wildman–Crippen MR) is 115 cm³/mol. The van der Waals surface area contributed by atoms with E-state index in [1.165, 1.54) is 37.4 Å². The van der Waals surface area contributed by atoms with Gasteiger partial charge >= 0.3 is 0 Å². The summed E-state index contributed by atoms with van der Waals surface area (Å²) in [6, 6.07) is 16.9. The van der Waals surface area contributed by atoms with Gasteiger partial charge in [-0.25, -0.2) is 21.6 Å². The summed E-state index contributed by atoms with van der Waals surface area (Å²) in [6.45, 7) is 0. The van der Waals surface area contributed by atoms with Crippen molar-refractivity contribution in [2.24, 2.45) is 0 Å². The van der Waals surface area contributed by atoms with Crippen LogP contribution in [0.5, 0.6) is 0 Å². The van der Waals surface area contributed by atoms with Gasteiger partial charge in [0, 0.05) is 0 Å². The molecule has 3 aromatic rings. The maximum Gasteiger partial charge on any atom is 0.261 e. The Balaban J connectivity index is 2.01. The van der Waals surface area contributed by atoms with Crippen LogP contribution in [0.2, 0.25) is 10.0 Å². The minimum absolute atomic E-state index is 0.0299. The smallest absolute Gasteiger partial charge is 0.261 e. The van der Waals surface area contributed by atoms with Gasteiger partial charge in [0.2, 0.25) is 10.0 Å². The molecule has 2 N–H and O–H groups in total. The van der Waals surface area contributed by atoms with Crippen LogP contribution in [0.25, 0.3) is 11.1 Å². The summed E-state index contributed by atoms with van der Waals surface area (Å²) >= 11 is 12.0. The fourth-order valence-electron chi connectivity index (χ4n) is 2.62. The molecule has 3 rings (SSSR count). The molecule has 0 heterocycles. The summed E-state index contributed by atoms with van der Waals surface area (Å²) in [5.41, 5.74) is 1.25. The lowest BCUT2D eigenvalue weighted by Gasteiger charge is -2.13. The van der Waals surface area contributed by atoms with Crippen molar-refractivity contribution in [3.63, 3.8) is 0 Å². The minimum atomic E-state index is -4.05. The van der Waals surface area contributed by atoms with Crippen LogP contribution < -0.4 is 9.44 Å². The van der Waals surface area contributed by atoms with Gasteiger partial charge in [0.15, 0.2) is 0 Å². The molecule has 0 aliphatic carbocycles. The lowest BCUT2D eigenvalue weighted by atomic mass is 10.1. The number of nitrogens with one attached hydrogen (secondary N) is 2. The fraction of sp³-hybridized carbons (Fsp3) is 0.0526. The molecule has 0 atom stereocenters. The Bertz CT molecular complexity index is 1280. The van der Waals surface area contributed by atoms with Gasteiger partial charge in [0.05, 0.1) is 20.6 Å². The van der Waals surface area contributed by atoms with Crippen molar-refractivity contribution in [1.82, 2.24) is 4.72 Å². The summed E-state index contributed by atoms with van der Waals surface area (Å²) in [5, 5.41) is 0.741. The summed E-state index contributed by atoms with van der Waals surface area (Å²) in [7, 11) is -6.65. The topological polar surface area (TPSA) is 92.3 Å². The van der Waals surface area contributed by atoms with Crippen LogP contribution in [-0.2, 0) is 20.0 Å². The highest BCUT2D eigenvalue weighted by Gasteiger charge is 2.21. The number of para-hydroxylation sites is 1. The molecule has 0 saturated heterocycles. The highest BCUT2D eigenvalue weighted by atomic mass is 35.5. The largest absolute Gasteiger partial charge is 0.278 e. The molecule has 0 aliphatic heterocycles. The number of anilines is 1. The second-order valence-corrected chi connectivity index (χ2v) is 10.3. The molecule has 0 aliphatic rings. The minimum Gasteiger partial charge on any atom is -0.278 e. The first kappa shape index (κ1) is 21.6. The molecule has 0 fully saturated rings. The van der Waals surface area contributed by atoms with E-state index in [4.69, 9.17) is 23.2 Å². The Hall–Kier alpha value is -2.10. The maximum atomic E-state index is 12.9. The Morgan fingerprint density at radius 2 is 1.41 bits per heavy atom. The van der Waals surface area contributed by atoms with E-state index in [0.717, 1.165) is 0 Å². The molecule has 0 unspecified atom stereocenters. The SMILES string of the molecule is CNS(=O)(=O)c1ccccc1NS(=O)(=O)c1cccc(-c2ccc(Cl)c(Cl)c2)c1. The van der Waals surface area contributed by atoms with Crippen molar-refractivity contribution in [2.75, 3.05) is 11.8 Å². The van der Waals surface area contributed by atoms with Crippen molar-refractivity contribution in [1.29, 1.82) is 0 Å². The van der Waals surface area contributed by atoms with Crippen molar-refractivity contribution >= 4 is 48.9 Å². The number of benzene rings is 3. The third-order valence-corrected chi connectivity index (χ3v) is 7.66. The average Bonchev–Trinajstić information content (AvgIpc) is 2.70. The van der Waals surface area contributed by atoms with Crippen LogP contribution in [0.1, 0.15) is 0 Å². The normalized spacial score (nSPS) is 12.0. The highest BCUT2D eigenvalue weighted by molar-refractivity contribution is 7.93. The third-order valence-electron chi connectivity index (χ3n) is 4.09. The maximum absolute atomic E-state index is 12.9. The number of hydrogen-bond acceptors (Lipinski definition) is 4. The quantitative estimate of drug-likeness (QED) is 0.559. The van der Waals surface area contributed by atoms with Gasteiger partial charge in [-0.3, -0.25) is 4.72 Å². The molecule has 6 nitrogen and oxygen atoms in total. The van der Waals surface area contributed by atoms with Crippen LogP contribution in [0.4, 0.5) is 5.69 Å². The molecule has 0 amide bonds. The third kappa shape index (κ3) is 4.73. The van der Waals surface area contributed by atoms with E-state index >= 15 is 0 Å². The first-order chi connectivity index (χ1) is 13.6. The fourth-order valence-corrected chi connectivity index (χ4v) is 4.99. The van der Waals surface area contributed by atoms with Gasteiger partial charge in [0.1, 0.15) is 4.90 Å². The lowest BCUT2D eigenvalue weighted by Crippen LogP contribution is -2.22. The summed E-state index contributed by atoms with van der Waals surface area (Å²) < 4.78 is 54.7. The van der Waals surface area contributed by atoms with E-state index in [9.17, 15) is 16.8 Å². The monoisotopic (exact) mass is 470 g/mol. The molecule has 0 radical (unpaired) electrons. The molecule has 29 heavy (non-hydrogen) atoms. The van der Waals surface area contributed by atoms with Crippen LogP contribution in [0.15, 0.2) is 76.5 Å². The summed E-state index contributed by atoms with van der Waals surface area (Å²) in [4.78, 5) is -0.204. The molecule has 152 valence electrons. The van der Waals surface area contributed by atoms with Crippen molar-refractivity contribution in [3.05, 3.63) is 76.8 Å². The molecular formula is C19H16Cl2N2O4S2. The van der Waals surface area contributed by atoms with E-state index in [1.807, 2.05) is 0 Å². The molecule has 0 saturated carbocycles. The highest BCUT2D eigenvalue weighted by Crippen LogP contribution is 2.30. The van der Waals surface area contributed by atoms with Crippen molar-refractivity contribution in [3.8, 4) is 11.1 Å². The summed E-state index contributed by atoms with van der Waals surface area (Å²) in [6.07, 6.45) is 0. The van der Waals surface area contributed by atoms with E-state index in [2.05, 4.69) is 9.44 Å². The van der Waals surface area contributed by atoms with Gasteiger partial charge in [-0.05, 0) is 54.6 Å². The van der Waals surface area contributed by atoms with E-state index in [0.29, 0.717) is 21.2 Å². The van der Waals surface area contributed by atoms with Crippen LogP contribution in [0.3, 0.4) is 0 Å². The second-order valence-electron chi connectivity index (χ2n) is 5.97. The van der Waals surface area contributed by atoms with Crippen LogP contribution >= 0.6 is 23.2 Å². The Kier molecular flexibility index (Phi) is 6.21. The zero-order valence-electron chi connectivity index (χ0n) is 15.1. The van der Waals surface area contributed by atoms with Gasteiger partial charge in [0.25, 0.3) is 10.0 Å². The standard InChI is InChI=1S/C19H16Cl2N2O4S2/c1-22-29(26,27)19-8-3-2-7-18(19)23-28(24,25)15-6-4-5-13(11-15)14-9-10-16(20)17(21)12-14/h2-12,22-23H,1H3. The van der Waals surface area contributed by atoms with Gasteiger partial charge < -0.3 is 0 Å². The number of halogens is 2.